The van der Waals surface area contributed by atoms with Crippen LogP contribution in [0.2, 0.25) is 0 Å². The van der Waals surface area contributed by atoms with Crippen LogP contribution < -0.4 is 10.6 Å². The number of benzene rings is 2. The van der Waals surface area contributed by atoms with E-state index in [0.717, 1.165) is 22.4 Å². The average Bonchev–Trinajstić information content (AvgIpc) is 2.73. The molecular formula is C22H23N3O2. The molecule has 0 radical (unpaired) electrons. The highest BCUT2D eigenvalue weighted by atomic mass is 16.5. The number of rotatable bonds is 7. The number of aromatic nitrogens is 1. The maximum atomic E-state index is 12.6. The number of carbonyl (C=O) groups excluding carboxylic acids is 1. The Morgan fingerprint density at radius 3 is 2.37 bits per heavy atom. The van der Waals surface area contributed by atoms with Gasteiger partial charge in [-0.3, -0.25) is 4.98 Å². The number of nitrogens with zero attached hydrogens (tertiary/aromatic N) is 1. The van der Waals surface area contributed by atoms with Crippen molar-refractivity contribution in [2.45, 2.75) is 19.2 Å². The minimum Gasteiger partial charge on any atom is -0.380 e. The third-order valence-corrected chi connectivity index (χ3v) is 4.25. The average molecular weight is 361 g/mol. The number of hydrogen-bond donors (Lipinski definition) is 2. The predicted octanol–water partition coefficient (Wildman–Crippen LogP) is 3.82. The van der Waals surface area contributed by atoms with E-state index in [2.05, 4.69) is 15.6 Å². The van der Waals surface area contributed by atoms with E-state index in [-0.39, 0.29) is 12.1 Å². The van der Waals surface area contributed by atoms with E-state index in [1.165, 1.54) is 0 Å². The first-order valence-corrected chi connectivity index (χ1v) is 8.84. The number of ether oxygens (including phenoxy) is 1. The lowest BCUT2D eigenvalue weighted by Gasteiger charge is -2.19. The molecule has 2 aromatic carbocycles. The topological polar surface area (TPSA) is 63.2 Å². The lowest BCUT2D eigenvalue weighted by Crippen LogP contribution is -2.38. The van der Waals surface area contributed by atoms with Gasteiger partial charge in [-0.2, -0.15) is 0 Å². The first kappa shape index (κ1) is 18.6. The van der Waals surface area contributed by atoms with E-state index in [1.54, 1.807) is 13.3 Å². The Morgan fingerprint density at radius 1 is 0.963 bits per heavy atom. The third kappa shape index (κ3) is 5.15. The summed E-state index contributed by atoms with van der Waals surface area (Å²) in [5.41, 5.74) is 3.86. The highest BCUT2D eigenvalue weighted by Gasteiger charge is 2.17. The molecule has 0 aliphatic rings. The molecule has 2 amide bonds. The fraction of sp³-hybridized carbons (Fsp3) is 0.182. The van der Waals surface area contributed by atoms with Crippen LogP contribution in [0.25, 0.3) is 0 Å². The molecule has 1 aromatic heterocycles. The summed E-state index contributed by atoms with van der Waals surface area (Å²) in [5.74, 6) is 0. The number of amides is 2. The van der Waals surface area contributed by atoms with Crippen molar-refractivity contribution in [3.05, 3.63) is 101 Å². The first-order chi connectivity index (χ1) is 13.3. The molecule has 0 aliphatic carbocycles. The SMILES string of the molecule is COCc1ccccc1CNC(=O)NC(c1ccccc1)c1ccccn1. The number of carbonyl (C=O) groups is 1. The summed E-state index contributed by atoms with van der Waals surface area (Å²) in [7, 11) is 1.66. The fourth-order valence-corrected chi connectivity index (χ4v) is 2.90. The monoisotopic (exact) mass is 361 g/mol. The molecule has 0 saturated carbocycles. The molecule has 0 fully saturated rings. The highest BCUT2D eigenvalue weighted by Crippen LogP contribution is 2.19. The van der Waals surface area contributed by atoms with Gasteiger partial charge in [-0.15, -0.1) is 0 Å². The van der Waals surface area contributed by atoms with Crippen molar-refractivity contribution in [2.75, 3.05) is 7.11 Å². The van der Waals surface area contributed by atoms with Crippen molar-refractivity contribution in [2.24, 2.45) is 0 Å². The van der Waals surface area contributed by atoms with Gasteiger partial charge in [0.1, 0.15) is 0 Å². The standard InChI is InChI=1S/C22H23N3O2/c1-27-16-19-12-6-5-11-18(19)15-24-22(26)25-21(17-9-3-2-4-10-17)20-13-7-8-14-23-20/h2-14,21H,15-16H2,1H3,(H2,24,25,26). The summed E-state index contributed by atoms with van der Waals surface area (Å²) < 4.78 is 5.22. The zero-order valence-corrected chi connectivity index (χ0v) is 15.3. The van der Waals surface area contributed by atoms with E-state index in [1.807, 2.05) is 72.8 Å². The zero-order valence-electron chi connectivity index (χ0n) is 15.3. The minimum atomic E-state index is -0.318. The molecular weight excluding hydrogens is 338 g/mol. The summed E-state index contributed by atoms with van der Waals surface area (Å²) in [6.07, 6.45) is 1.73. The van der Waals surface area contributed by atoms with Crippen molar-refractivity contribution in [3.63, 3.8) is 0 Å². The molecule has 5 heteroatoms. The van der Waals surface area contributed by atoms with Gasteiger partial charge in [-0.1, -0.05) is 60.7 Å². The van der Waals surface area contributed by atoms with Gasteiger partial charge in [0.05, 0.1) is 18.3 Å². The van der Waals surface area contributed by atoms with Crippen LogP contribution in [0, 0.1) is 0 Å². The van der Waals surface area contributed by atoms with E-state index in [9.17, 15) is 4.79 Å². The van der Waals surface area contributed by atoms with Crippen LogP contribution in [0.3, 0.4) is 0 Å². The molecule has 3 aromatic rings. The molecule has 2 N–H and O–H groups in total. The lowest BCUT2D eigenvalue weighted by molar-refractivity contribution is 0.184. The molecule has 5 nitrogen and oxygen atoms in total. The predicted molar refractivity (Wildman–Crippen MR) is 105 cm³/mol. The zero-order chi connectivity index (χ0) is 18.9. The summed E-state index contributed by atoms with van der Waals surface area (Å²) in [4.78, 5) is 17.0. The van der Waals surface area contributed by atoms with E-state index in [4.69, 9.17) is 4.74 Å². The number of methoxy groups -OCH3 is 1. The van der Waals surface area contributed by atoms with E-state index < -0.39 is 0 Å². The Hall–Kier alpha value is -3.18. The molecule has 0 spiro atoms. The van der Waals surface area contributed by atoms with E-state index >= 15 is 0 Å². The smallest absolute Gasteiger partial charge is 0.315 e. The van der Waals surface area contributed by atoms with Crippen LogP contribution in [0.4, 0.5) is 4.79 Å². The van der Waals surface area contributed by atoms with Crippen molar-refractivity contribution in [1.82, 2.24) is 15.6 Å². The third-order valence-electron chi connectivity index (χ3n) is 4.25. The molecule has 27 heavy (non-hydrogen) atoms. The van der Waals surface area contributed by atoms with Gasteiger partial charge in [-0.05, 0) is 28.8 Å². The minimum absolute atomic E-state index is 0.248. The fourth-order valence-electron chi connectivity index (χ4n) is 2.90. The molecule has 1 heterocycles. The summed E-state index contributed by atoms with van der Waals surface area (Å²) in [6, 6.07) is 22.8. The molecule has 0 aliphatic heterocycles. The van der Waals surface area contributed by atoms with Crippen LogP contribution in [0.15, 0.2) is 79.0 Å². The van der Waals surface area contributed by atoms with Gasteiger partial charge >= 0.3 is 6.03 Å². The van der Waals surface area contributed by atoms with Gasteiger partial charge in [0, 0.05) is 19.9 Å². The Balaban J connectivity index is 1.70. The van der Waals surface area contributed by atoms with Crippen LogP contribution in [0.5, 0.6) is 0 Å². The largest absolute Gasteiger partial charge is 0.380 e. The molecule has 1 unspecified atom stereocenters. The van der Waals surface area contributed by atoms with Crippen LogP contribution in [-0.4, -0.2) is 18.1 Å². The summed E-state index contributed by atoms with van der Waals surface area (Å²) in [5, 5.41) is 5.96. The molecule has 0 bridgehead atoms. The Labute approximate surface area is 159 Å². The summed E-state index contributed by atoms with van der Waals surface area (Å²) in [6.45, 7) is 0.940. The highest BCUT2D eigenvalue weighted by molar-refractivity contribution is 5.75. The van der Waals surface area contributed by atoms with Crippen molar-refractivity contribution < 1.29 is 9.53 Å². The normalized spacial score (nSPS) is 11.6. The van der Waals surface area contributed by atoms with E-state index in [0.29, 0.717) is 13.2 Å². The van der Waals surface area contributed by atoms with Crippen molar-refractivity contribution >= 4 is 6.03 Å². The Morgan fingerprint density at radius 2 is 1.67 bits per heavy atom. The second-order valence-corrected chi connectivity index (χ2v) is 6.13. The second-order valence-electron chi connectivity index (χ2n) is 6.13. The lowest BCUT2D eigenvalue weighted by atomic mass is 10.0. The Bertz CT molecular complexity index is 814. The number of hydrogen-bond acceptors (Lipinski definition) is 3. The van der Waals surface area contributed by atoms with Gasteiger partial charge < -0.3 is 15.4 Å². The van der Waals surface area contributed by atoms with Gasteiger partial charge in [0.15, 0.2) is 0 Å². The van der Waals surface area contributed by atoms with Crippen LogP contribution >= 0.6 is 0 Å². The molecule has 3 rings (SSSR count). The molecule has 0 saturated heterocycles. The number of urea groups is 1. The van der Waals surface area contributed by atoms with Gasteiger partial charge in [0.25, 0.3) is 0 Å². The van der Waals surface area contributed by atoms with Crippen molar-refractivity contribution in [3.8, 4) is 0 Å². The first-order valence-electron chi connectivity index (χ1n) is 8.84. The molecule has 1 atom stereocenters. The quantitative estimate of drug-likeness (QED) is 0.672. The van der Waals surface area contributed by atoms with Crippen LogP contribution in [0.1, 0.15) is 28.4 Å². The van der Waals surface area contributed by atoms with Gasteiger partial charge in [0.2, 0.25) is 0 Å². The second kappa shape index (κ2) is 9.50. The molecule has 138 valence electrons. The summed E-state index contributed by atoms with van der Waals surface area (Å²) >= 11 is 0. The Kier molecular flexibility index (Phi) is 6.55. The maximum absolute atomic E-state index is 12.6. The van der Waals surface area contributed by atoms with Gasteiger partial charge in [-0.25, -0.2) is 4.79 Å². The number of nitrogens with one attached hydrogen (secondary N) is 2. The van der Waals surface area contributed by atoms with Crippen LogP contribution in [-0.2, 0) is 17.9 Å². The van der Waals surface area contributed by atoms with Crippen molar-refractivity contribution in [1.29, 1.82) is 0 Å². The maximum Gasteiger partial charge on any atom is 0.315 e. The number of pyridine rings is 1.